The third-order valence-electron chi connectivity index (χ3n) is 7.09. The molecule has 2 amide bonds. The van der Waals surface area contributed by atoms with Crippen LogP contribution in [-0.4, -0.2) is 37.7 Å². The Bertz CT molecular complexity index is 1440. The molecule has 0 radical (unpaired) electrons. The van der Waals surface area contributed by atoms with Crippen LogP contribution in [0.25, 0.3) is 11.1 Å². The number of hydrogen-bond donors (Lipinski definition) is 2. The smallest absolute Gasteiger partial charge is 0.408 e. The van der Waals surface area contributed by atoms with Gasteiger partial charge in [0, 0.05) is 12.3 Å². The third kappa shape index (κ3) is 5.89. The highest BCUT2D eigenvalue weighted by atomic mass is 16.5. The van der Waals surface area contributed by atoms with Crippen molar-refractivity contribution in [3.8, 4) is 11.1 Å². The number of methoxy groups -OCH3 is 1. The Balaban J connectivity index is 1.31. The molecule has 1 aliphatic rings. The van der Waals surface area contributed by atoms with E-state index < -0.39 is 30.1 Å². The van der Waals surface area contributed by atoms with Gasteiger partial charge in [0.2, 0.25) is 5.91 Å². The predicted octanol–water partition coefficient (Wildman–Crippen LogP) is 5.17. The Morgan fingerprint density at radius 2 is 1.27 bits per heavy atom. The first-order valence-electron chi connectivity index (χ1n) is 13.1. The second-order valence-corrected chi connectivity index (χ2v) is 9.59. The van der Waals surface area contributed by atoms with Gasteiger partial charge in [-0.25, -0.2) is 9.59 Å². The lowest BCUT2D eigenvalue weighted by molar-refractivity contribution is -0.145. The predicted molar refractivity (Wildman–Crippen MR) is 151 cm³/mol. The average molecular weight is 535 g/mol. The number of amides is 2. The van der Waals surface area contributed by atoms with Crippen molar-refractivity contribution in [3.05, 3.63) is 131 Å². The number of ether oxygens (including phenoxy) is 2. The summed E-state index contributed by atoms with van der Waals surface area (Å²) in [5.74, 6) is -1.24. The Morgan fingerprint density at radius 3 is 1.88 bits per heavy atom. The van der Waals surface area contributed by atoms with Crippen LogP contribution < -0.4 is 10.6 Å². The van der Waals surface area contributed by atoms with Crippen LogP contribution in [0, 0.1) is 0 Å². The van der Waals surface area contributed by atoms with Crippen molar-refractivity contribution in [3.63, 3.8) is 0 Å². The molecule has 0 fully saturated rings. The van der Waals surface area contributed by atoms with E-state index in [0.717, 1.165) is 27.8 Å². The van der Waals surface area contributed by atoms with Gasteiger partial charge in [-0.3, -0.25) is 4.79 Å². The minimum absolute atomic E-state index is 0.113. The maximum absolute atomic E-state index is 13.5. The highest BCUT2D eigenvalue weighted by Crippen LogP contribution is 2.44. The summed E-state index contributed by atoms with van der Waals surface area (Å²) < 4.78 is 10.6. The minimum atomic E-state index is -1.08. The van der Waals surface area contributed by atoms with Crippen molar-refractivity contribution >= 4 is 18.0 Å². The molecule has 4 aromatic carbocycles. The molecule has 0 saturated carbocycles. The number of benzene rings is 4. The minimum Gasteiger partial charge on any atom is -0.467 e. The first-order chi connectivity index (χ1) is 19.5. The van der Waals surface area contributed by atoms with Crippen LogP contribution in [0.2, 0.25) is 0 Å². The van der Waals surface area contributed by atoms with Gasteiger partial charge in [-0.15, -0.1) is 0 Å². The summed E-state index contributed by atoms with van der Waals surface area (Å²) in [6.07, 6.45) is -0.491. The molecule has 5 rings (SSSR count). The molecule has 0 bridgehead atoms. The fourth-order valence-corrected chi connectivity index (χ4v) is 5.14. The molecule has 2 N–H and O–H groups in total. The summed E-state index contributed by atoms with van der Waals surface area (Å²) in [5, 5.41) is 5.47. The number of carbonyl (C=O) groups excluding carboxylic acids is 3. The van der Waals surface area contributed by atoms with E-state index in [2.05, 4.69) is 22.8 Å². The molecule has 0 aliphatic heterocycles. The Morgan fingerprint density at radius 1 is 0.725 bits per heavy atom. The number of fused-ring (bicyclic) bond motifs is 3. The van der Waals surface area contributed by atoms with Gasteiger partial charge in [0.05, 0.1) is 7.11 Å². The molecule has 7 nitrogen and oxygen atoms in total. The van der Waals surface area contributed by atoms with E-state index in [4.69, 9.17) is 9.47 Å². The monoisotopic (exact) mass is 534 g/mol. The van der Waals surface area contributed by atoms with Crippen LogP contribution in [0.15, 0.2) is 109 Å². The zero-order chi connectivity index (χ0) is 27.9. The van der Waals surface area contributed by atoms with Gasteiger partial charge < -0.3 is 20.1 Å². The Hall–Kier alpha value is -4.91. The molecule has 7 heteroatoms. The van der Waals surface area contributed by atoms with Crippen molar-refractivity contribution in [1.29, 1.82) is 0 Å². The van der Waals surface area contributed by atoms with Crippen molar-refractivity contribution in [2.24, 2.45) is 0 Å². The number of nitrogens with one attached hydrogen (secondary N) is 2. The first kappa shape index (κ1) is 26.7. The third-order valence-corrected chi connectivity index (χ3v) is 7.09. The maximum Gasteiger partial charge on any atom is 0.408 e. The van der Waals surface area contributed by atoms with E-state index in [1.54, 1.807) is 24.3 Å². The topological polar surface area (TPSA) is 93.7 Å². The van der Waals surface area contributed by atoms with Crippen LogP contribution in [0.5, 0.6) is 0 Å². The van der Waals surface area contributed by atoms with Crippen LogP contribution >= 0.6 is 0 Å². The summed E-state index contributed by atoms with van der Waals surface area (Å²) >= 11 is 0. The molecule has 0 saturated heterocycles. The largest absolute Gasteiger partial charge is 0.467 e. The molecular weight excluding hydrogens is 504 g/mol. The lowest BCUT2D eigenvalue weighted by atomic mass is 9.98. The van der Waals surface area contributed by atoms with Gasteiger partial charge in [0.25, 0.3) is 0 Å². The average Bonchev–Trinajstić information content (AvgIpc) is 3.32. The second-order valence-electron chi connectivity index (χ2n) is 9.59. The van der Waals surface area contributed by atoms with Crippen LogP contribution in [0.3, 0.4) is 0 Å². The summed E-state index contributed by atoms with van der Waals surface area (Å²) in [5.41, 5.74) is 5.85. The molecule has 0 spiro atoms. The summed E-state index contributed by atoms with van der Waals surface area (Å²) in [6.45, 7) is 0.113. The fourth-order valence-electron chi connectivity index (χ4n) is 5.14. The Labute approximate surface area is 233 Å². The van der Waals surface area contributed by atoms with Crippen molar-refractivity contribution < 1.29 is 23.9 Å². The standard InChI is InChI=1S/C33H30N2O5/c1-39-32(37)29(20-22-12-4-2-5-13-22)34-31(36)30(23-14-6-3-7-15-23)35-33(38)40-21-28-26-18-10-8-16-24(26)25-17-9-11-19-27(25)28/h2-19,28-30H,20-21H2,1H3,(H,34,36)(H,35,38)/t29-,30+/m0/s1. The first-order valence-corrected chi connectivity index (χ1v) is 13.1. The van der Waals surface area contributed by atoms with Gasteiger partial charge >= 0.3 is 12.1 Å². The Kier molecular flexibility index (Phi) is 8.21. The molecule has 0 unspecified atom stereocenters. The normalized spacial score (nSPS) is 13.3. The molecule has 4 aromatic rings. The van der Waals surface area contributed by atoms with Gasteiger partial charge in [-0.05, 0) is 33.4 Å². The van der Waals surface area contributed by atoms with E-state index >= 15 is 0 Å². The van der Waals surface area contributed by atoms with E-state index in [-0.39, 0.29) is 18.9 Å². The molecule has 40 heavy (non-hydrogen) atoms. The lowest BCUT2D eigenvalue weighted by Gasteiger charge is -2.23. The van der Waals surface area contributed by atoms with E-state index in [0.29, 0.717) is 5.56 Å². The fraction of sp³-hybridized carbons (Fsp3) is 0.182. The highest BCUT2D eigenvalue weighted by molar-refractivity contribution is 5.90. The molecule has 0 aromatic heterocycles. The zero-order valence-corrected chi connectivity index (χ0v) is 22.1. The summed E-state index contributed by atoms with van der Waals surface area (Å²) in [4.78, 5) is 39.1. The lowest BCUT2D eigenvalue weighted by Crippen LogP contribution is -2.48. The van der Waals surface area contributed by atoms with E-state index in [9.17, 15) is 14.4 Å². The van der Waals surface area contributed by atoms with Crippen LogP contribution in [0.1, 0.15) is 34.2 Å². The number of rotatable bonds is 9. The van der Waals surface area contributed by atoms with Gasteiger partial charge in [-0.1, -0.05) is 109 Å². The molecule has 2 atom stereocenters. The summed E-state index contributed by atoms with van der Waals surface area (Å²) in [6, 6.07) is 32.3. The van der Waals surface area contributed by atoms with Crippen molar-refractivity contribution in [2.45, 2.75) is 24.4 Å². The van der Waals surface area contributed by atoms with Crippen LogP contribution in [0.4, 0.5) is 4.79 Å². The van der Waals surface area contributed by atoms with E-state index in [1.165, 1.54) is 7.11 Å². The van der Waals surface area contributed by atoms with Gasteiger partial charge in [-0.2, -0.15) is 0 Å². The highest BCUT2D eigenvalue weighted by Gasteiger charge is 2.31. The number of hydrogen-bond acceptors (Lipinski definition) is 5. The number of esters is 1. The quantitative estimate of drug-likeness (QED) is 0.289. The molecule has 0 heterocycles. The molecular formula is C33H30N2O5. The SMILES string of the molecule is COC(=O)[C@H](Cc1ccccc1)NC(=O)[C@H](NC(=O)OCC1c2ccccc2-c2ccccc21)c1ccccc1. The maximum atomic E-state index is 13.5. The summed E-state index contributed by atoms with van der Waals surface area (Å²) in [7, 11) is 1.27. The zero-order valence-electron chi connectivity index (χ0n) is 22.1. The number of carbonyl (C=O) groups is 3. The second kappa shape index (κ2) is 12.3. The number of alkyl carbamates (subject to hydrolysis) is 1. The van der Waals surface area contributed by atoms with Crippen molar-refractivity contribution in [2.75, 3.05) is 13.7 Å². The van der Waals surface area contributed by atoms with Crippen molar-refractivity contribution in [1.82, 2.24) is 10.6 Å². The van der Waals surface area contributed by atoms with Gasteiger partial charge in [0.1, 0.15) is 18.7 Å². The molecule has 1 aliphatic carbocycles. The molecule has 202 valence electrons. The van der Waals surface area contributed by atoms with Gasteiger partial charge in [0.15, 0.2) is 0 Å². The van der Waals surface area contributed by atoms with Crippen LogP contribution in [-0.2, 0) is 25.5 Å². The van der Waals surface area contributed by atoms with E-state index in [1.807, 2.05) is 72.8 Å².